The van der Waals surface area contributed by atoms with Crippen molar-refractivity contribution in [2.75, 3.05) is 7.05 Å². The molecule has 1 saturated carbocycles. The van der Waals surface area contributed by atoms with Crippen LogP contribution in [0, 0.1) is 5.82 Å². The first-order chi connectivity index (χ1) is 15.8. The van der Waals surface area contributed by atoms with Crippen LogP contribution >= 0.6 is 0 Å². The Bertz CT molecular complexity index is 1040. The lowest BCUT2D eigenvalue weighted by Gasteiger charge is -2.40. The number of rotatable bonds is 5. The Labute approximate surface area is 192 Å². The molecule has 33 heavy (non-hydrogen) atoms. The summed E-state index contributed by atoms with van der Waals surface area (Å²) in [6.45, 7) is 2.00. The Morgan fingerprint density at radius 1 is 1.15 bits per heavy atom. The third kappa shape index (κ3) is 4.77. The van der Waals surface area contributed by atoms with Crippen molar-refractivity contribution in [1.29, 1.82) is 0 Å². The zero-order valence-electron chi connectivity index (χ0n) is 19.1. The summed E-state index contributed by atoms with van der Waals surface area (Å²) in [6, 6.07) is 7.48. The van der Waals surface area contributed by atoms with Gasteiger partial charge in [-0.2, -0.15) is 5.10 Å². The first-order valence-electron chi connectivity index (χ1n) is 11.5. The Morgan fingerprint density at radius 3 is 2.48 bits per heavy atom. The molecule has 1 aliphatic carbocycles. The molecule has 0 saturated heterocycles. The molecular weight excluding hydrogens is 425 g/mol. The Balaban J connectivity index is 1.47. The fourth-order valence-electron chi connectivity index (χ4n) is 4.50. The topological polar surface area (TPSA) is 96.3 Å². The zero-order chi connectivity index (χ0) is 23.6. The molecule has 3 amide bonds. The normalized spacial score (nSPS) is 21.3. The molecule has 1 fully saturated rings. The molecule has 1 aromatic carbocycles. The van der Waals surface area contributed by atoms with Crippen molar-refractivity contribution in [3.05, 3.63) is 53.1 Å². The van der Waals surface area contributed by atoms with Gasteiger partial charge in [-0.15, -0.1) is 0 Å². The monoisotopic (exact) mass is 455 g/mol. The number of aromatic nitrogens is 2. The van der Waals surface area contributed by atoms with Gasteiger partial charge in [-0.05, 0) is 37.5 Å². The SMILES string of the molecule is CN1C(=O)c2cc(C(=O)NC3CCCCCC3)nn2CC1(C)C(=O)NCc1ccc(F)cc1. The molecule has 2 aromatic rings. The van der Waals surface area contributed by atoms with Crippen molar-refractivity contribution in [3.8, 4) is 0 Å². The van der Waals surface area contributed by atoms with E-state index in [9.17, 15) is 18.8 Å². The van der Waals surface area contributed by atoms with Gasteiger partial charge in [0.2, 0.25) is 5.91 Å². The highest BCUT2D eigenvalue weighted by Gasteiger charge is 2.46. The number of likely N-dealkylation sites (N-methyl/N-ethyl adjacent to an activating group) is 1. The molecule has 2 N–H and O–H groups in total. The van der Waals surface area contributed by atoms with Gasteiger partial charge in [0, 0.05) is 25.7 Å². The predicted octanol–water partition coefficient (Wildman–Crippen LogP) is 2.64. The van der Waals surface area contributed by atoms with E-state index >= 15 is 0 Å². The molecule has 1 atom stereocenters. The van der Waals surface area contributed by atoms with Crippen LogP contribution in [-0.2, 0) is 17.9 Å². The second-order valence-electron chi connectivity index (χ2n) is 9.18. The van der Waals surface area contributed by atoms with Gasteiger partial charge < -0.3 is 15.5 Å². The first-order valence-corrected chi connectivity index (χ1v) is 11.5. The molecule has 1 aliphatic heterocycles. The largest absolute Gasteiger partial charge is 0.350 e. The smallest absolute Gasteiger partial charge is 0.272 e. The van der Waals surface area contributed by atoms with Gasteiger partial charge in [-0.1, -0.05) is 37.8 Å². The number of carbonyl (C=O) groups excluding carboxylic acids is 3. The molecule has 0 bridgehead atoms. The Hall–Kier alpha value is -3.23. The van der Waals surface area contributed by atoms with E-state index in [0.29, 0.717) is 0 Å². The van der Waals surface area contributed by atoms with Crippen molar-refractivity contribution >= 4 is 17.7 Å². The number of nitrogens with zero attached hydrogens (tertiary/aromatic N) is 3. The van der Waals surface area contributed by atoms with Gasteiger partial charge in [0.15, 0.2) is 5.69 Å². The number of amides is 3. The number of carbonyl (C=O) groups is 3. The summed E-state index contributed by atoms with van der Waals surface area (Å²) in [5, 5.41) is 10.2. The van der Waals surface area contributed by atoms with Crippen LogP contribution in [0.2, 0.25) is 0 Å². The van der Waals surface area contributed by atoms with Crippen LogP contribution < -0.4 is 10.6 Å². The molecule has 0 spiro atoms. The van der Waals surface area contributed by atoms with Crippen molar-refractivity contribution in [3.63, 3.8) is 0 Å². The quantitative estimate of drug-likeness (QED) is 0.678. The minimum atomic E-state index is -1.19. The van der Waals surface area contributed by atoms with Crippen LogP contribution in [0.4, 0.5) is 4.39 Å². The van der Waals surface area contributed by atoms with E-state index in [2.05, 4.69) is 15.7 Å². The fourth-order valence-corrected chi connectivity index (χ4v) is 4.50. The molecule has 1 aromatic heterocycles. The van der Waals surface area contributed by atoms with Crippen molar-refractivity contribution in [2.24, 2.45) is 0 Å². The molecule has 9 heteroatoms. The summed E-state index contributed by atoms with van der Waals surface area (Å²) in [5.74, 6) is -1.36. The molecule has 1 unspecified atom stereocenters. The van der Waals surface area contributed by atoms with Gasteiger partial charge in [-0.25, -0.2) is 4.39 Å². The molecule has 8 nitrogen and oxygen atoms in total. The summed E-state index contributed by atoms with van der Waals surface area (Å²) in [7, 11) is 1.57. The van der Waals surface area contributed by atoms with Crippen molar-refractivity contribution < 1.29 is 18.8 Å². The lowest BCUT2D eigenvalue weighted by molar-refractivity contribution is -0.132. The van der Waals surface area contributed by atoms with Crippen molar-refractivity contribution in [1.82, 2.24) is 25.3 Å². The lowest BCUT2D eigenvalue weighted by atomic mass is 9.96. The van der Waals surface area contributed by atoms with Gasteiger partial charge in [0.1, 0.15) is 17.1 Å². The van der Waals surface area contributed by atoms with Crippen LogP contribution in [0.1, 0.15) is 72.0 Å². The van der Waals surface area contributed by atoms with Gasteiger partial charge in [0.25, 0.3) is 11.8 Å². The Morgan fingerprint density at radius 2 is 1.82 bits per heavy atom. The molecule has 4 rings (SSSR count). The highest BCUT2D eigenvalue weighted by molar-refractivity contribution is 6.01. The summed E-state index contributed by atoms with van der Waals surface area (Å²) in [5.41, 5.74) is 0.0280. The van der Waals surface area contributed by atoms with Crippen LogP contribution in [0.3, 0.4) is 0 Å². The third-order valence-electron chi connectivity index (χ3n) is 6.78. The minimum Gasteiger partial charge on any atom is -0.350 e. The minimum absolute atomic E-state index is 0.122. The third-order valence-corrected chi connectivity index (χ3v) is 6.78. The summed E-state index contributed by atoms with van der Waals surface area (Å²) in [4.78, 5) is 40.3. The first kappa shape index (κ1) is 22.9. The number of nitrogens with one attached hydrogen (secondary N) is 2. The van der Waals surface area contributed by atoms with E-state index in [4.69, 9.17) is 0 Å². The van der Waals surface area contributed by atoms with Gasteiger partial charge in [-0.3, -0.25) is 19.1 Å². The average molecular weight is 456 g/mol. The second-order valence-corrected chi connectivity index (χ2v) is 9.18. The van der Waals surface area contributed by atoms with Gasteiger partial charge >= 0.3 is 0 Å². The zero-order valence-corrected chi connectivity index (χ0v) is 19.1. The van der Waals surface area contributed by atoms with Crippen LogP contribution in [0.15, 0.2) is 30.3 Å². The van der Waals surface area contributed by atoms with E-state index < -0.39 is 5.54 Å². The van der Waals surface area contributed by atoms with E-state index in [1.165, 1.54) is 40.6 Å². The highest BCUT2D eigenvalue weighted by atomic mass is 19.1. The van der Waals surface area contributed by atoms with Crippen LogP contribution in [0.5, 0.6) is 0 Å². The summed E-state index contributed by atoms with van der Waals surface area (Å²) >= 11 is 0. The van der Waals surface area contributed by atoms with E-state index in [0.717, 1.165) is 31.2 Å². The highest BCUT2D eigenvalue weighted by Crippen LogP contribution is 2.26. The number of fused-ring (bicyclic) bond motifs is 1. The van der Waals surface area contributed by atoms with Crippen LogP contribution in [0.25, 0.3) is 0 Å². The standard InChI is InChI=1S/C24H30FN5O3/c1-24(23(33)26-14-16-9-11-17(25)12-10-16)15-30-20(22(32)29(24)2)13-19(28-30)21(31)27-18-7-5-3-4-6-8-18/h9-13,18H,3-8,14-15H2,1-2H3,(H,26,33)(H,27,31). The van der Waals surface area contributed by atoms with E-state index in [1.54, 1.807) is 26.1 Å². The summed E-state index contributed by atoms with van der Waals surface area (Å²) < 4.78 is 14.6. The average Bonchev–Trinajstić information content (AvgIpc) is 3.05. The van der Waals surface area contributed by atoms with Crippen LogP contribution in [-0.4, -0.2) is 51.0 Å². The second kappa shape index (κ2) is 9.33. The predicted molar refractivity (Wildman–Crippen MR) is 120 cm³/mol. The molecule has 2 aliphatic rings. The van der Waals surface area contributed by atoms with E-state index in [-0.39, 0.29) is 54.1 Å². The number of halogens is 1. The number of hydrogen-bond donors (Lipinski definition) is 2. The number of hydrogen-bond acceptors (Lipinski definition) is 4. The van der Waals surface area contributed by atoms with Gasteiger partial charge in [0.05, 0.1) is 6.54 Å². The number of benzene rings is 1. The molecular formula is C24H30FN5O3. The van der Waals surface area contributed by atoms with E-state index in [1.807, 2.05) is 0 Å². The molecule has 176 valence electrons. The Kier molecular flexibility index (Phi) is 6.49. The fraction of sp³-hybridized carbons (Fsp3) is 0.500. The molecule has 2 heterocycles. The maximum absolute atomic E-state index is 13.1. The maximum atomic E-state index is 13.1. The molecule has 0 radical (unpaired) electrons. The lowest BCUT2D eigenvalue weighted by Crippen LogP contribution is -2.62. The maximum Gasteiger partial charge on any atom is 0.272 e. The summed E-state index contributed by atoms with van der Waals surface area (Å²) in [6.07, 6.45) is 6.47. The van der Waals surface area contributed by atoms with Crippen molar-refractivity contribution in [2.45, 2.75) is 70.1 Å².